The zero-order valence-corrected chi connectivity index (χ0v) is 12.6. The molecule has 21 heavy (non-hydrogen) atoms. The Morgan fingerprint density at radius 2 is 1.95 bits per heavy atom. The Hall–Kier alpha value is -2.14. The van der Waals surface area contributed by atoms with E-state index in [1.807, 2.05) is 37.3 Å². The number of esters is 1. The molecule has 0 aliphatic rings. The van der Waals surface area contributed by atoms with Gasteiger partial charge < -0.3 is 10.1 Å². The van der Waals surface area contributed by atoms with Gasteiger partial charge in [-0.15, -0.1) is 11.3 Å². The average Bonchev–Trinajstić information content (AvgIpc) is 3.05. The Morgan fingerprint density at radius 1 is 1.19 bits per heavy atom. The zero-order chi connectivity index (χ0) is 15.1. The van der Waals surface area contributed by atoms with Crippen molar-refractivity contribution in [3.63, 3.8) is 0 Å². The van der Waals surface area contributed by atoms with Crippen molar-refractivity contribution >= 4 is 23.2 Å². The summed E-state index contributed by atoms with van der Waals surface area (Å²) in [6, 6.07) is 13.1. The highest BCUT2D eigenvalue weighted by Gasteiger charge is 2.22. The van der Waals surface area contributed by atoms with E-state index in [4.69, 9.17) is 4.74 Å². The molecule has 2 aromatic rings. The molecular weight excluding hydrogens is 286 g/mol. The fraction of sp³-hybridized carbons (Fsp3) is 0.250. The third-order valence-electron chi connectivity index (χ3n) is 2.94. The predicted molar refractivity (Wildman–Crippen MR) is 82.1 cm³/mol. The topological polar surface area (TPSA) is 55.4 Å². The number of hydrogen-bond donors (Lipinski definition) is 1. The molecule has 0 unspecified atom stereocenters. The number of amides is 1. The molecule has 0 spiro atoms. The summed E-state index contributed by atoms with van der Waals surface area (Å²) in [4.78, 5) is 24.4. The maximum Gasteiger partial charge on any atom is 0.349 e. The van der Waals surface area contributed by atoms with Crippen molar-refractivity contribution in [2.24, 2.45) is 0 Å². The van der Waals surface area contributed by atoms with Crippen molar-refractivity contribution in [2.75, 3.05) is 0 Å². The standard InChI is InChI=1S/C16H17NO3S/c1-2-13(20-16(19)14-9-6-10-21-14)15(18)17-11-12-7-4-3-5-8-12/h3-10,13H,2,11H2,1H3,(H,17,18)/t13-/m1/s1. The first kappa shape index (κ1) is 15.3. The Balaban J connectivity index is 1.88. The summed E-state index contributed by atoms with van der Waals surface area (Å²) in [6.45, 7) is 2.24. The quantitative estimate of drug-likeness (QED) is 0.835. The first-order valence-corrected chi connectivity index (χ1v) is 7.64. The van der Waals surface area contributed by atoms with Crippen molar-refractivity contribution in [1.82, 2.24) is 5.32 Å². The van der Waals surface area contributed by atoms with Gasteiger partial charge in [-0.2, -0.15) is 0 Å². The maximum absolute atomic E-state index is 12.1. The zero-order valence-electron chi connectivity index (χ0n) is 11.7. The van der Waals surface area contributed by atoms with E-state index in [1.54, 1.807) is 17.5 Å². The van der Waals surface area contributed by atoms with Crippen LogP contribution in [0.3, 0.4) is 0 Å². The second-order valence-corrected chi connectivity index (χ2v) is 5.43. The van der Waals surface area contributed by atoms with Gasteiger partial charge in [0.15, 0.2) is 6.10 Å². The number of thiophene rings is 1. The van der Waals surface area contributed by atoms with Gasteiger partial charge in [-0.25, -0.2) is 4.79 Å². The van der Waals surface area contributed by atoms with E-state index >= 15 is 0 Å². The number of hydrogen-bond acceptors (Lipinski definition) is 4. The minimum absolute atomic E-state index is 0.272. The van der Waals surface area contributed by atoms with Gasteiger partial charge in [0.2, 0.25) is 0 Å². The molecule has 0 saturated carbocycles. The van der Waals surface area contributed by atoms with Crippen LogP contribution >= 0.6 is 11.3 Å². The smallest absolute Gasteiger partial charge is 0.349 e. The lowest BCUT2D eigenvalue weighted by atomic mass is 10.2. The van der Waals surface area contributed by atoms with Crippen molar-refractivity contribution in [3.8, 4) is 0 Å². The van der Waals surface area contributed by atoms with E-state index < -0.39 is 12.1 Å². The molecule has 1 N–H and O–H groups in total. The van der Waals surface area contributed by atoms with Crippen LogP contribution in [0, 0.1) is 0 Å². The number of carbonyl (C=O) groups is 2. The monoisotopic (exact) mass is 303 g/mol. The van der Waals surface area contributed by atoms with E-state index in [9.17, 15) is 9.59 Å². The molecule has 0 fully saturated rings. The Morgan fingerprint density at radius 3 is 2.57 bits per heavy atom. The van der Waals surface area contributed by atoms with Gasteiger partial charge in [-0.3, -0.25) is 4.79 Å². The predicted octanol–water partition coefficient (Wildman–Crippen LogP) is 3.00. The Bertz CT molecular complexity index is 581. The van der Waals surface area contributed by atoms with Gasteiger partial charge in [0, 0.05) is 6.54 Å². The van der Waals surface area contributed by atoms with Gasteiger partial charge in [0.25, 0.3) is 5.91 Å². The summed E-state index contributed by atoms with van der Waals surface area (Å²) in [5, 5.41) is 4.59. The highest BCUT2D eigenvalue weighted by atomic mass is 32.1. The Labute approximate surface area is 127 Å². The highest BCUT2D eigenvalue weighted by Crippen LogP contribution is 2.12. The fourth-order valence-electron chi connectivity index (χ4n) is 1.80. The second-order valence-electron chi connectivity index (χ2n) is 4.48. The molecule has 2 rings (SSSR count). The molecule has 1 aromatic heterocycles. The van der Waals surface area contributed by atoms with Crippen LogP contribution in [-0.2, 0) is 16.1 Å². The number of ether oxygens (including phenoxy) is 1. The summed E-state index contributed by atoms with van der Waals surface area (Å²) >= 11 is 1.30. The summed E-state index contributed by atoms with van der Waals surface area (Å²) in [7, 11) is 0. The molecule has 0 aliphatic carbocycles. The van der Waals surface area contributed by atoms with Crippen LogP contribution in [0.25, 0.3) is 0 Å². The number of rotatable bonds is 6. The third kappa shape index (κ3) is 4.43. The Kier molecular flexibility index (Phi) is 5.51. The molecule has 1 aromatic carbocycles. The van der Waals surface area contributed by atoms with E-state index in [1.165, 1.54) is 11.3 Å². The molecule has 1 atom stereocenters. The first-order valence-electron chi connectivity index (χ1n) is 6.77. The number of carbonyl (C=O) groups excluding carboxylic acids is 2. The fourth-order valence-corrected chi connectivity index (χ4v) is 2.41. The van der Waals surface area contributed by atoms with Gasteiger partial charge in [-0.05, 0) is 23.4 Å². The van der Waals surface area contributed by atoms with E-state index in [0.717, 1.165) is 5.56 Å². The third-order valence-corrected chi connectivity index (χ3v) is 3.79. The van der Waals surface area contributed by atoms with Gasteiger partial charge in [0.05, 0.1) is 0 Å². The molecule has 0 bridgehead atoms. The summed E-state index contributed by atoms with van der Waals surface area (Å²) in [5.41, 5.74) is 1.00. The van der Waals surface area contributed by atoms with Crippen LogP contribution in [0.4, 0.5) is 0 Å². The van der Waals surface area contributed by atoms with E-state index in [0.29, 0.717) is 17.8 Å². The second kappa shape index (κ2) is 7.59. The molecule has 4 nitrogen and oxygen atoms in total. The van der Waals surface area contributed by atoms with Crippen LogP contribution in [0.1, 0.15) is 28.6 Å². The molecule has 0 radical (unpaired) electrons. The molecule has 0 saturated heterocycles. The molecule has 1 amide bonds. The normalized spacial score (nSPS) is 11.7. The number of benzene rings is 1. The average molecular weight is 303 g/mol. The van der Waals surface area contributed by atoms with Crippen molar-refractivity contribution in [3.05, 3.63) is 58.3 Å². The summed E-state index contributed by atoms with van der Waals surface area (Å²) in [6.07, 6.45) is -0.319. The van der Waals surface area contributed by atoms with Gasteiger partial charge >= 0.3 is 5.97 Å². The minimum Gasteiger partial charge on any atom is -0.448 e. The van der Waals surface area contributed by atoms with Crippen LogP contribution in [0.5, 0.6) is 0 Å². The maximum atomic E-state index is 12.1. The van der Waals surface area contributed by atoms with E-state index in [-0.39, 0.29) is 5.91 Å². The van der Waals surface area contributed by atoms with Crippen LogP contribution in [-0.4, -0.2) is 18.0 Å². The first-order chi connectivity index (χ1) is 10.2. The van der Waals surface area contributed by atoms with Crippen LogP contribution < -0.4 is 5.32 Å². The summed E-state index contributed by atoms with van der Waals surface area (Å²) < 4.78 is 5.25. The van der Waals surface area contributed by atoms with Crippen molar-refractivity contribution < 1.29 is 14.3 Å². The van der Waals surface area contributed by atoms with Gasteiger partial charge in [-0.1, -0.05) is 43.3 Å². The largest absolute Gasteiger partial charge is 0.448 e. The highest BCUT2D eigenvalue weighted by molar-refractivity contribution is 7.11. The molecule has 110 valence electrons. The SMILES string of the molecule is CC[C@@H](OC(=O)c1cccs1)C(=O)NCc1ccccc1. The minimum atomic E-state index is -0.761. The van der Waals surface area contributed by atoms with Crippen LogP contribution in [0.2, 0.25) is 0 Å². The lowest BCUT2D eigenvalue weighted by molar-refractivity contribution is -0.130. The van der Waals surface area contributed by atoms with Gasteiger partial charge in [0.1, 0.15) is 4.88 Å². The van der Waals surface area contributed by atoms with E-state index in [2.05, 4.69) is 5.32 Å². The van der Waals surface area contributed by atoms with Crippen molar-refractivity contribution in [1.29, 1.82) is 0 Å². The summed E-state index contributed by atoms with van der Waals surface area (Å²) in [5.74, 6) is -0.724. The molecule has 1 heterocycles. The molecule has 0 aliphatic heterocycles. The lowest BCUT2D eigenvalue weighted by Crippen LogP contribution is -2.37. The van der Waals surface area contributed by atoms with Crippen molar-refractivity contribution in [2.45, 2.75) is 26.0 Å². The lowest BCUT2D eigenvalue weighted by Gasteiger charge is -2.15. The van der Waals surface area contributed by atoms with Crippen LogP contribution in [0.15, 0.2) is 47.8 Å². The molecular formula is C16H17NO3S. The number of nitrogens with one attached hydrogen (secondary N) is 1. The molecule has 5 heteroatoms.